The molecule has 0 spiro atoms. The van der Waals surface area contributed by atoms with Gasteiger partial charge in [0, 0.05) is 5.56 Å². The molecule has 1 aliphatic rings. The van der Waals surface area contributed by atoms with Crippen molar-refractivity contribution in [2.75, 3.05) is 0 Å². The number of terminal acetylenes is 1. The Morgan fingerprint density at radius 1 is 0.933 bits per heavy atom. The van der Waals surface area contributed by atoms with Crippen LogP contribution >= 0.6 is 0 Å². The molecule has 0 bridgehead atoms. The number of hydrogen-bond acceptors (Lipinski definition) is 0. The molecule has 1 saturated carbocycles. The van der Waals surface area contributed by atoms with Gasteiger partial charge >= 0.3 is 0 Å². The van der Waals surface area contributed by atoms with Gasteiger partial charge in [-0.25, -0.2) is 0 Å². The summed E-state index contributed by atoms with van der Waals surface area (Å²) < 4.78 is 0. The first kappa shape index (κ1) is 10.3. The first-order valence-corrected chi connectivity index (χ1v) is 5.97. The minimum absolute atomic E-state index is 0.777. The SMILES string of the molecule is C#Cc1ccc(C2CCCCCC2)cc1. The van der Waals surface area contributed by atoms with E-state index in [1.54, 1.807) is 0 Å². The van der Waals surface area contributed by atoms with Crippen molar-refractivity contribution in [3.05, 3.63) is 35.4 Å². The molecule has 0 N–H and O–H groups in total. The zero-order valence-electron chi connectivity index (χ0n) is 9.21. The molecular formula is C15H18. The Hall–Kier alpha value is -1.22. The summed E-state index contributed by atoms with van der Waals surface area (Å²) in [6.07, 6.45) is 13.7. The lowest BCUT2D eigenvalue weighted by molar-refractivity contribution is 0.592. The van der Waals surface area contributed by atoms with Gasteiger partial charge in [-0.15, -0.1) is 6.42 Å². The smallest absolute Gasteiger partial charge is 0.0242 e. The highest BCUT2D eigenvalue weighted by Gasteiger charge is 2.13. The molecule has 0 aliphatic heterocycles. The molecule has 15 heavy (non-hydrogen) atoms. The lowest BCUT2D eigenvalue weighted by Gasteiger charge is -2.14. The molecule has 0 saturated heterocycles. The van der Waals surface area contributed by atoms with Gasteiger partial charge in [0.15, 0.2) is 0 Å². The van der Waals surface area contributed by atoms with Crippen LogP contribution in [-0.4, -0.2) is 0 Å². The molecule has 2 rings (SSSR count). The molecule has 0 heterocycles. The molecule has 1 aromatic rings. The standard InChI is InChI=1S/C15H18/c1-2-13-9-11-15(12-10-13)14-7-5-3-4-6-8-14/h1,9-12,14H,3-8H2. The summed E-state index contributed by atoms with van der Waals surface area (Å²) in [5, 5.41) is 0. The average Bonchev–Trinajstić information content (AvgIpc) is 2.58. The highest BCUT2D eigenvalue weighted by atomic mass is 14.2. The van der Waals surface area contributed by atoms with Crippen molar-refractivity contribution >= 4 is 0 Å². The Morgan fingerprint density at radius 2 is 1.53 bits per heavy atom. The fraction of sp³-hybridized carbons (Fsp3) is 0.467. The Morgan fingerprint density at radius 3 is 2.07 bits per heavy atom. The summed E-state index contributed by atoms with van der Waals surface area (Å²) in [5.41, 5.74) is 2.48. The van der Waals surface area contributed by atoms with Crippen LogP contribution in [0.15, 0.2) is 24.3 Å². The van der Waals surface area contributed by atoms with Crippen LogP contribution in [0.4, 0.5) is 0 Å². The van der Waals surface area contributed by atoms with Crippen LogP contribution in [0.5, 0.6) is 0 Å². The molecule has 0 radical (unpaired) electrons. The third kappa shape index (κ3) is 2.63. The molecule has 0 heteroatoms. The first-order valence-electron chi connectivity index (χ1n) is 5.97. The maximum absolute atomic E-state index is 5.35. The van der Waals surface area contributed by atoms with Crippen molar-refractivity contribution in [1.29, 1.82) is 0 Å². The van der Waals surface area contributed by atoms with Gasteiger partial charge in [0.1, 0.15) is 0 Å². The predicted octanol–water partition coefficient (Wildman–Crippen LogP) is 4.11. The fourth-order valence-corrected chi connectivity index (χ4v) is 2.46. The highest BCUT2D eigenvalue weighted by molar-refractivity contribution is 5.35. The Labute approximate surface area is 92.7 Å². The van der Waals surface area contributed by atoms with E-state index in [4.69, 9.17) is 6.42 Å². The van der Waals surface area contributed by atoms with E-state index in [1.807, 2.05) is 0 Å². The van der Waals surface area contributed by atoms with E-state index in [1.165, 1.54) is 44.1 Å². The lowest BCUT2D eigenvalue weighted by atomic mass is 9.91. The van der Waals surface area contributed by atoms with Crippen LogP contribution < -0.4 is 0 Å². The van der Waals surface area contributed by atoms with Gasteiger partial charge in [-0.2, -0.15) is 0 Å². The summed E-state index contributed by atoms with van der Waals surface area (Å²) in [6.45, 7) is 0. The molecule has 0 unspecified atom stereocenters. The van der Waals surface area contributed by atoms with Gasteiger partial charge in [0.2, 0.25) is 0 Å². The van der Waals surface area contributed by atoms with Crippen molar-refractivity contribution < 1.29 is 0 Å². The number of benzene rings is 1. The summed E-state index contributed by atoms with van der Waals surface area (Å²) in [4.78, 5) is 0. The third-order valence-electron chi connectivity index (χ3n) is 3.40. The van der Waals surface area contributed by atoms with Gasteiger partial charge in [-0.05, 0) is 36.5 Å². The fourth-order valence-electron chi connectivity index (χ4n) is 2.46. The average molecular weight is 198 g/mol. The van der Waals surface area contributed by atoms with Crippen molar-refractivity contribution in [1.82, 2.24) is 0 Å². The van der Waals surface area contributed by atoms with E-state index in [9.17, 15) is 0 Å². The topological polar surface area (TPSA) is 0 Å². The van der Waals surface area contributed by atoms with E-state index in [-0.39, 0.29) is 0 Å². The van der Waals surface area contributed by atoms with Gasteiger partial charge in [0.05, 0.1) is 0 Å². The Balaban J connectivity index is 2.10. The zero-order chi connectivity index (χ0) is 10.5. The van der Waals surface area contributed by atoms with Crippen LogP contribution in [0, 0.1) is 12.3 Å². The van der Waals surface area contributed by atoms with Crippen LogP contribution in [-0.2, 0) is 0 Å². The Kier molecular flexibility index (Phi) is 3.45. The van der Waals surface area contributed by atoms with E-state index >= 15 is 0 Å². The molecule has 0 amide bonds. The van der Waals surface area contributed by atoms with Gasteiger partial charge in [0.25, 0.3) is 0 Å². The summed E-state index contributed by atoms with van der Waals surface area (Å²) >= 11 is 0. The van der Waals surface area contributed by atoms with E-state index in [0.29, 0.717) is 0 Å². The zero-order valence-corrected chi connectivity index (χ0v) is 9.21. The maximum Gasteiger partial charge on any atom is 0.0242 e. The maximum atomic E-state index is 5.35. The second-order valence-electron chi connectivity index (χ2n) is 4.45. The van der Waals surface area contributed by atoms with Crippen molar-refractivity contribution in [2.24, 2.45) is 0 Å². The normalized spacial score (nSPS) is 18.1. The quantitative estimate of drug-likeness (QED) is 0.470. The highest BCUT2D eigenvalue weighted by Crippen LogP contribution is 2.31. The summed E-state index contributed by atoms with van der Waals surface area (Å²) in [6, 6.07) is 8.57. The van der Waals surface area contributed by atoms with Gasteiger partial charge < -0.3 is 0 Å². The van der Waals surface area contributed by atoms with Crippen LogP contribution in [0.3, 0.4) is 0 Å². The molecule has 78 valence electrons. The monoisotopic (exact) mass is 198 g/mol. The van der Waals surface area contributed by atoms with Crippen molar-refractivity contribution in [2.45, 2.75) is 44.4 Å². The molecule has 0 nitrogen and oxygen atoms in total. The van der Waals surface area contributed by atoms with Gasteiger partial charge in [-0.3, -0.25) is 0 Å². The molecule has 1 aliphatic carbocycles. The van der Waals surface area contributed by atoms with Crippen LogP contribution in [0.2, 0.25) is 0 Å². The minimum atomic E-state index is 0.777. The third-order valence-corrected chi connectivity index (χ3v) is 3.40. The predicted molar refractivity (Wildman–Crippen MR) is 64.8 cm³/mol. The molecule has 1 aromatic carbocycles. The van der Waals surface area contributed by atoms with E-state index in [0.717, 1.165) is 11.5 Å². The summed E-state index contributed by atoms with van der Waals surface area (Å²) in [7, 11) is 0. The van der Waals surface area contributed by atoms with Crippen molar-refractivity contribution in [3.8, 4) is 12.3 Å². The second kappa shape index (κ2) is 5.03. The van der Waals surface area contributed by atoms with E-state index in [2.05, 4.69) is 30.2 Å². The number of rotatable bonds is 1. The Bertz CT molecular complexity index is 331. The first-order chi connectivity index (χ1) is 7.40. The second-order valence-corrected chi connectivity index (χ2v) is 4.45. The molecule has 0 aromatic heterocycles. The number of hydrogen-bond donors (Lipinski definition) is 0. The lowest BCUT2D eigenvalue weighted by Crippen LogP contribution is -1.96. The summed E-state index contributed by atoms with van der Waals surface area (Å²) in [5.74, 6) is 3.45. The van der Waals surface area contributed by atoms with E-state index < -0.39 is 0 Å². The molecule has 0 atom stereocenters. The molecule has 1 fully saturated rings. The minimum Gasteiger partial charge on any atom is -0.115 e. The van der Waals surface area contributed by atoms with Crippen LogP contribution in [0.25, 0.3) is 0 Å². The van der Waals surface area contributed by atoms with Gasteiger partial charge in [-0.1, -0.05) is 43.7 Å². The van der Waals surface area contributed by atoms with Crippen molar-refractivity contribution in [3.63, 3.8) is 0 Å². The molecular weight excluding hydrogens is 180 g/mol. The largest absolute Gasteiger partial charge is 0.115 e. The van der Waals surface area contributed by atoms with Crippen LogP contribution in [0.1, 0.15) is 55.6 Å².